The molecule has 2 aliphatic carbocycles. The summed E-state index contributed by atoms with van der Waals surface area (Å²) in [5.74, 6) is 0.896. The van der Waals surface area contributed by atoms with E-state index in [0.717, 1.165) is 46.0 Å². The van der Waals surface area contributed by atoms with E-state index >= 15 is 0 Å². The highest BCUT2D eigenvalue weighted by Gasteiger charge is 2.51. The van der Waals surface area contributed by atoms with Crippen molar-refractivity contribution in [3.8, 4) is 33.7 Å². The number of ether oxygens (including phenoxy) is 1. The molecule has 0 bridgehead atoms. The molecule has 0 N–H and O–H groups in total. The molecule has 0 aliphatic heterocycles. The fourth-order valence-electron chi connectivity index (χ4n) is 9.54. The first kappa shape index (κ1) is 31.7. The van der Waals surface area contributed by atoms with Gasteiger partial charge in [0, 0.05) is 33.5 Å². The van der Waals surface area contributed by atoms with Gasteiger partial charge >= 0.3 is 0 Å². The van der Waals surface area contributed by atoms with E-state index in [9.17, 15) is 0 Å². The van der Waals surface area contributed by atoms with Gasteiger partial charge in [0.1, 0.15) is 5.75 Å². The maximum absolute atomic E-state index is 6.19. The average molecular weight is 707 g/mol. The van der Waals surface area contributed by atoms with Crippen molar-refractivity contribution in [2.24, 2.45) is 0 Å². The topological polar surface area (TPSA) is 17.4 Å². The first-order valence-corrected chi connectivity index (χ1v) is 19.3. The second-order valence-electron chi connectivity index (χ2n) is 14.7. The molecule has 1 aromatic heterocycles. The van der Waals surface area contributed by atoms with Gasteiger partial charge in [0.25, 0.3) is 0 Å². The van der Waals surface area contributed by atoms with Crippen LogP contribution in [0.2, 0.25) is 0 Å². The number of hydrogen-bond donors (Lipinski definition) is 0. The summed E-state index contributed by atoms with van der Waals surface area (Å²) in [5.41, 5.74) is 17.0. The Morgan fingerprint density at radius 3 is 1.60 bits per heavy atom. The first-order valence-electron chi connectivity index (χ1n) is 19.3. The minimum absolute atomic E-state index is 0.417. The van der Waals surface area contributed by atoms with Gasteiger partial charge < -0.3 is 14.2 Å². The van der Waals surface area contributed by atoms with Crippen molar-refractivity contribution in [1.29, 1.82) is 0 Å². The Morgan fingerprint density at radius 1 is 0.455 bits per heavy atom. The summed E-state index contributed by atoms with van der Waals surface area (Å²) in [7, 11) is 0. The number of hydrogen-bond acceptors (Lipinski definition) is 2. The third kappa shape index (κ3) is 4.56. The monoisotopic (exact) mass is 706 g/mol. The Balaban J connectivity index is 1.16. The zero-order chi connectivity index (χ0) is 36.5. The molecule has 0 atom stereocenters. The molecule has 11 rings (SSSR count). The molecule has 55 heavy (non-hydrogen) atoms. The minimum Gasteiger partial charge on any atom is -0.494 e. The van der Waals surface area contributed by atoms with Gasteiger partial charge in [0.05, 0.1) is 23.1 Å². The van der Waals surface area contributed by atoms with Crippen LogP contribution in [0.15, 0.2) is 188 Å². The van der Waals surface area contributed by atoms with E-state index in [2.05, 4.69) is 204 Å². The molecule has 3 heteroatoms. The predicted molar refractivity (Wildman–Crippen MR) is 228 cm³/mol. The van der Waals surface area contributed by atoms with Crippen LogP contribution in [0.1, 0.15) is 35.6 Å². The number of rotatable bonds is 7. The number of benzene rings is 8. The molecule has 262 valence electrons. The van der Waals surface area contributed by atoms with Gasteiger partial charge in [0.2, 0.25) is 0 Å². The summed E-state index contributed by atoms with van der Waals surface area (Å²) in [6.45, 7) is 2.84. The molecule has 0 unspecified atom stereocenters. The lowest BCUT2D eigenvalue weighted by Crippen LogP contribution is -2.26. The maximum Gasteiger partial charge on any atom is 0.120 e. The number of anilines is 3. The molecular formula is C52H38N2O. The average Bonchev–Trinajstić information content (AvgIpc) is 3.85. The summed E-state index contributed by atoms with van der Waals surface area (Å²) >= 11 is 0. The van der Waals surface area contributed by atoms with Gasteiger partial charge in [-0.3, -0.25) is 0 Å². The van der Waals surface area contributed by atoms with Crippen molar-refractivity contribution in [2.45, 2.75) is 18.8 Å². The van der Waals surface area contributed by atoms with Crippen molar-refractivity contribution in [2.75, 3.05) is 11.5 Å². The molecular weight excluding hydrogens is 669 g/mol. The van der Waals surface area contributed by atoms with Crippen molar-refractivity contribution in [1.82, 2.24) is 4.57 Å². The van der Waals surface area contributed by atoms with E-state index in [1.807, 2.05) is 0 Å². The summed E-state index contributed by atoms with van der Waals surface area (Å²) in [6.07, 6.45) is 0.963. The van der Waals surface area contributed by atoms with E-state index in [1.54, 1.807) is 0 Å². The van der Waals surface area contributed by atoms with Crippen LogP contribution in [-0.4, -0.2) is 11.2 Å². The molecule has 3 nitrogen and oxygen atoms in total. The third-order valence-corrected chi connectivity index (χ3v) is 11.7. The van der Waals surface area contributed by atoms with Gasteiger partial charge in [-0.15, -0.1) is 0 Å². The molecule has 0 saturated heterocycles. The smallest absolute Gasteiger partial charge is 0.120 e. The fraction of sp³-hybridized carbons (Fsp3) is 0.0769. The van der Waals surface area contributed by atoms with E-state index < -0.39 is 5.41 Å². The highest BCUT2D eigenvalue weighted by atomic mass is 16.5. The lowest BCUT2D eigenvalue weighted by Gasteiger charge is -2.32. The van der Waals surface area contributed by atoms with E-state index in [4.69, 9.17) is 4.74 Å². The van der Waals surface area contributed by atoms with Crippen LogP contribution < -0.4 is 9.64 Å². The van der Waals surface area contributed by atoms with Gasteiger partial charge in [-0.1, -0.05) is 122 Å². The van der Waals surface area contributed by atoms with Crippen LogP contribution >= 0.6 is 0 Å². The number of fused-ring (bicyclic) bond motifs is 13. The summed E-state index contributed by atoms with van der Waals surface area (Å²) in [5, 5.41) is 2.35. The highest BCUT2D eigenvalue weighted by molar-refractivity contribution is 6.11. The van der Waals surface area contributed by atoms with Crippen molar-refractivity contribution >= 4 is 38.9 Å². The van der Waals surface area contributed by atoms with E-state index in [0.29, 0.717) is 6.61 Å². The molecule has 0 saturated carbocycles. The normalized spacial score (nSPS) is 13.1. The highest BCUT2D eigenvalue weighted by Crippen LogP contribution is 2.63. The van der Waals surface area contributed by atoms with Crippen molar-refractivity contribution < 1.29 is 4.74 Å². The van der Waals surface area contributed by atoms with Crippen LogP contribution in [0.25, 0.3) is 49.7 Å². The number of aromatic nitrogens is 1. The van der Waals surface area contributed by atoms with E-state index in [1.165, 1.54) is 55.3 Å². The second kappa shape index (κ2) is 12.4. The van der Waals surface area contributed by atoms with Gasteiger partial charge in [-0.05, 0) is 124 Å². The standard InChI is InChI=1S/C52H38N2O/c1-2-31-55-39-27-30-51-45(34-39)44-32-37(26-29-50(44)54(51)36-17-7-4-8-18-36)53(35-15-5-3-6-16-35)38-25-28-43-42-21-11-14-24-48(42)52(49(43)33-38)46-22-12-9-19-40(46)41-20-10-13-23-47(41)52/h3-30,32-34H,2,31H2,1H3. The Kier molecular flexibility index (Phi) is 7.12. The Hall–Kier alpha value is -6.84. The first-order chi connectivity index (χ1) is 27.3. The molecule has 2 aliphatic rings. The Morgan fingerprint density at radius 2 is 0.964 bits per heavy atom. The zero-order valence-electron chi connectivity index (χ0n) is 30.6. The SMILES string of the molecule is CCCOc1ccc2c(c1)c1cc(N(c3ccccc3)c3ccc4c(c3)C3(c5ccccc5-c5ccccc53)c3ccccc3-4)ccc1n2-c1ccccc1. The Labute approximate surface area is 321 Å². The van der Waals surface area contributed by atoms with Crippen LogP contribution in [-0.2, 0) is 5.41 Å². The minimum atomic E-state index is -0.417. The summed E-state index contributed by atoms with van der Waals surface area (Å²) in [6, 6.07) is 69.1. The molecule has 0 amide bonds. The number of para-hydroxylation sites is 2. The fourth-order valence-corrected chi connectivity index (χ4v) is 9.54. The molecule has 8 aromatic carbocycles. The van der Waals surface area contributed by atoms with Crippen LogP contribution in [0.5, 0.6) is 5.75 Å². The lowest BCUT2D eigenvalue weighted by atomic mass is 9.70. The van der Waals surface area contributed by atoms with Crippen LogP contribution in [0, 0.1) is 0 Å². The van der Waals surface area contributed by atoms with E-state index in [-0.39, 0.29) is 0 Å². The quantitative estimate of drug-likeness (QED) is 0.164. The number of nitrogens with zero attached hydrogens (tertiary/aromatic N) is 2. The van der Waals surface area contributed by atoms with Gasteiger partial charge in [-0.2, -0.15) is 0 Å². The molecule has 0 fully saturated rings. The molecule has 0 radical (unpaired) electrons. The summed E-state index contributed by atoms with van der Waals surface area (Å²) < 4.78 is 8.56. The Bertz CT molecular complexity index is 2860. The van der Waals surface area contributed by atoms with Crippen molar-refractivity contribution in [3.05, 3.63) is 210 Å². The van der Waals surface area contributed by atoms with Gasteiger partial charge in [-0.25, -0.2) is 0 Å². The van der Waals surface area contributed by atoms with Crippen LogP contribution in [0.3, 0.4) is 0 Å². The van der Waals surface area contributed by atoms with Gasteiger partial charge in [0.15, 0.2) is 0 Å². The largest absolute Gasteiger partial charge is 0.494 e. The molecule has 9 aromatic rings. The molecule has 1 spiro atoms. The predicted octanol–water partition coefficient (Wildman–Crippen LogP) is 13.4. The lowest BCUT2D eigenvalue weighted by molar-refractivity contribution is 0.318. The zero-order valence-corrected chi connectivity index (χ0v) is 30.6. The molecule has 1 heterocycles. The summed E-state index contributed by atoms with van der Waals surface area (Å²) in [4.78, 5) is 2.42. The third-order valence-electron chi connectivity index (χ3n) is 11.7. The second-order valence-corrected chi connectivity index (χ2v) is 14.7. The maximum atomic E-state index is 6.19. The van der Waals surface area contributed by atoms with Crippen molar-refractivity contribution in [3.63, 3.8) is 0 Å². The van der Waals surface area contributed by atoms with Crippen LogP contribution in [0.4, 0.5) is 17.1 Å².